The molecule has 9 heteroatoms. The molecule has 0 spiro atoms. The number of carbonyl (C=O) groups excluding carboxylic acids is 3. The standard InChI is InChI=1S/C22H24N2O7/c1-30-22(29)18(12-15-8-4-2-5-9-15)24-21(28)17(13-20(26)27)23-19(25)14-31-16-10-6-3-7-11-16/h2-11,17-18H,12-14H2,1H3,(H,23,25)(H,24,28)(H,26,27)/t17-,18-/m0/s1. The Bertz CT molecular complexity index is 887. The van der Waals surface area contributed by atoms with Crippen molar-refractivity contribution in [3.05, 3.63) is 66.2 Å². The van der Waals surface area contributed by atoms with E-state index in [4.69, 9.17) is 14.6 Å². The smallest absolute Gasteiger partial charge is 0.328 e. The van der Waals surface area contributed by atoms with Gasteiger partial charge in [0, 0.05) is 6.42 Å². The van der Waals surface area contributed by atoms with E-state index in [1.807, 2.05) is 6.07 Å². The number of aliphatic carboxylic acids is 1. The van der Waals surface area contributed by atoms with Crippen molar-refractivity contribution in [3.8, 4) is 5.75 Å². The van der Waals surface area contributed by atoms with Crippen molar-refractivity contribution in [1.82, 2.24) is 10.6 Å². The topological polar surface area (TPSA) is 131 Å². The molecule has 2 rings (SSSR count). The van der Waals surface area contributed by atoms with Gasteiger partial charge in [-0.25, -0.2) is 4.79 Å². The van der Waals surface area contributed by atoms with E-state index >= 15 is 0 Å². The molecule has 3 N–H and O–H groups in total. The molecular formula is C22H24N2O7. The number of benzene rings is 2. The third kappa shape index (κ3) is 8.17. The van der Waals surface area contributed by atoms with Gasteiger partial charge in [0.2, 0.25) is 5.91 Å². The highest BCUT2D eigenvalue weighted by atomic mass is 16.5. The molecule has 0 aliphatic rings. The van der Waals surface area contributed by atoms with Crippen LogP contribution in [0, 0.1) is 0 Å². The van der Waals surface area contributed by atoms with Crippen molar-refractivity contribution in [2.75, 3.05) is 13.7 Å². The summed E-state index contributed by atoms with van der Waals surface area (Å²) in [4.78, 5) is 48.2. The molecule has 0 unspecified atom stereocenters. The van der Waals surface area contributed by atoms with E-state index in [2.05, 4.69) is 10.6 Å². The van der Waals surface area contributed by atoms with Crippen LogP contribution in [0.25, 0.3) is 0 Å². The summed E-state index contributed by atoms with van der Waals surface area (Å²) in [5.41, 5.74) is 0.772. The van der Waals surface area contributed by atoms with Gasteiger partial charge in [0.15, 0.2) is 6.61 Å². The fourth-order valence-corrected chi connectivity index (χ4v) is 2.74. The van der Waals surface area contributed by atoms with Gasteiger partial charge in [-0.05, 0) is 17.7 Å². The molecule has 2 atom stereocenters. The zero-order valence-corrected chi connectivity index (χ0v) is 16.9. The van der Waals surface area contributed by atoms with Gasteiger partial charge in [-0.1, -0.05) is 48.5 Å². The predicted octanol–water partition coefficient (Wildman–Crippen LogP) is 0.925. The van der Waals surface area contributed by atoms with Gasteiger partial charge in [0.25, 0.3) is 5.91 Å². The highest BCUT2D eigenvalue weighted by molar-refractivity contribution is 5.93. The average Bonchev–Trinajstić information content (AvgIpc) is 2.77. The normalized spacial score (nSPS) is 12.2. The van der Waals surface area contributed by atoms with Gasteiger partial charge in [-0.3, -0.25) is 14.4 Å². The predicted molar refractivity (Wildman–Crippen MR) is 110 cm³/mol. The van der Waals surface area contributed by atoms with Gasteiger partial charge in [-0.15, -0.1) is 0 Å². The maximum absolute atomic E-state index is 12.7. The van der Waals surface area contributed by atoms with Crippen LogP contribution in [0.4, 0.5) is 0 Å². The van der Waals surface area contributed by atoms with Crippen LogP contribution in [0.3, 0.4) is 0 Å². The number of amides is 2. The molecule has 9 nitrogen and oxygen atoms in total. The summed E-state index contributed by atoms with van der Waals surface area (Å²) in [6, 6.07) is 15.0. The number of rotatable bonds is 11. The lowest BCUT2D eigenvalue weighted by Crippen LogP contribution is -2.53. The number of hydrogen-bond acceptors (Lipinski definition) is 6. The molecule has 2 aromatic carbocycles. The summed E-state index contributed by atoms with van der Waals surface area (Å²) in [7, 11) is 1.18. The minimum absolute atomic E-state index is 0.143. The quantitative estimate of drug-likeness (QED) is 0.454. The van der Waals surface area contributed by atoms with E-state index in [1.165, 1.54) is 7.11 Å². The molecule has 164 valence electrons. The number of esters is 1. The van der Waals surface area contributed by atoms with Crippen molar-refractivity contribution >= 4 is 23.8 Å². The van der Waals surface area contributed by atoms with E-state index in [0.717, 1.165) is 5.56 Å². The molecule has 0 fully saturated rings. The Morgan fingerprint density at radius 3 is 2.10 bits per heavy atom. The molecule has 0 bridgehead atoms. The molecule has 0 saturated carbocycles. The van der Waals surface area contributed by atoms with Crippen molar-refractivity contribution in [2.45, 2.75) is 24.9 Å². The van der Waals surface area contributed by atoms with E-state index in [1.54, 1.807) is 54.6 Å². The van der Waals surface area contributed by atoms with E-state index < -0.39 is 48.9 Å². The fraction of sp³-hybridized carbons (Fsp3) is 0.273. The Labute approximate surface area is 179 Å². The first-order valence-corrected chi connectivity index (χ1v) is 9.50. The largest absolute Gasteiger partial charge is 0.484 e. The number of nitrogens with one attached hydrogen (secondary N) is 2. The maximum atomic E-state index is 12.7. The molecule has 2 amide bonds. The molecule has 0 heterocycles. The Balaban J connectivity index is 2.02. The van der Waals surface area contributed by atoms with Crippen LogP contribution in [0.5, 0.6) is 5.75 Å². The van der Waals surface area contributed by atoms with Gasteiger partial charge in [-0.2, -0.15) is 0 Å². The monoisotopic (exact) mass is 428 g/mol. The van der Waals surface area contributed by atoms with Crippen LogP contribution >= 0.6 is 0 Å². The maximum Gasteiger partial charge on any atom is 0.328 e. The van der Waals surface area contributed by atoms with Crippen molar-refractivity contribution in [1.29, 1.82) is 0 Å². The Morgan fingerprint density at radius 1 is 0.903 bits per heavy atom. The van der Waals surface area contributed by atoms with Crippen molar-refractivity contribution < 1.29 is 33.8 Å². The second kappa shape index (κ2) is 12.0. The number of hydrogen-bond donors (Lipinski definition) is 3. The van der Waals surface area contributed by atoms with Gasteiger partial charge < -0.3 is 25.2 Å². The number of carboxylic acid groups (broad SMARTS) is 1. The molecular weight excluding hydrogens is 404 g/mol. The SMILES string of the molecule is COC(=O)[C@H](Cc1ccccc1)NC(=O)[C@H](CC(=O)O)NC(=O)COc1ccccc1. The van der Waals surface area contributed by atoms with Gasteiger partial charge in [0.1, 0.15) is 17.8 Å². The number of ether oxygens (including phenoxy) is 2. The summed E-state index contributed by atoms with van der Waals surface area (Å²) >= 11 is 0. The van der Waals surface area contributed by atoms with Crippen LogP contribution < -0.4 is 15.4 Å². The van der Waals surface area contributed by atoms with E-state index in [9.17, 15) is 19.2 Å². The molecule has 31 heavy (non-hydrogen) atoms. The summed E-state index contributed by atoms with van der Waals surface area (Å²) < 4.78 is 10.0. The molecule has 0 aromatic heterocycles. The van der Waals surface area contributed by atoms with Crippen LogP contribution in [-0.2, 0) is 30.3 Å². The first-order valence-electron chi connectivity index (χ1n) is 9.50. The number of methoxy groups -OCH3 is 1. The summed E-state index contributed by atoms with van der Waals surface area (Å²) in [5.74, 6) is -3.03. The minimum atomic E-state index is -1.40. The first kappa shape index (κ1) is 23.4. The van der Waals surface area contributed by atoms with Crippen LogP contribution in [0.15, 0.2) is 60.7 Å². The third-order valence-electron chi connectivity index (χ3n) is 4.23. The Morgan fingerprint density at radius 2 is 1.52 bits per heavy atom. The molecule has 0 radical (unpaired) electrons. The molecule has 2 aromatic rings. The van der Waals surface area contributed by atoms with Gasteiger partial charge in [0.05, 0.1) is 13.5 Å². The number of carboxylic acids is 1. The second-order valence-corrected chi connectivity index (χ2v) is 6.59. The molecule has 0 aliphatic carbocycles. The van der Waals surface area contributed by atoms with Crippen LogP contribution in [-0.4, -0.2) is 54.7 Å². The van der Waals surface area contributed by atoms with E-state index in [0.29, 0.717) is 5.75 Å². The minimum Gasteiger partial charge on any atom is -0.484 e. The zero-order chi connectivity index (χ0) is 22.6. The van der Waals surface area contributed by atoms with Gasteiger partial charge >= 0.3 is 11.9 Å². The first-order chi connectivity index (χ1) is 14.9. The summed E-state index contributed by atoms with van der Waals surface area (Å²) in [6.07, 6.45) is -0.522. The zero-order valence-electron chi connectivity index (χ0n) is 16.9. The van der Waals surface area contributed by atoms with Crippen molar-refractivity contribution in [2.24, 2.45) is 0 Å². The van der Waals surface area contributed by atoms with Crippen molar-refractivity contribution in [3.63, 3.8) is 0 Å². The average molecular weight is 428 g/mol. The second-order valence-electron chi connectivity index (χ2n) is 6.59. The lowest BCUT2D eigenvalue weighted by molar-refractivity contribution is -0.145. The molecule has 0 saturated heterocycles. The fourth-order valence-electron chi connectivity index (χ4n) is 2.74. The third-order valence-corrected chi connectivity index (χ3v) is 4.23. The Kier molecular flexibility index (Phi) is 9.03. The lowest BCUT2D eigenvalue weighted by Gasteiger charge is -2.21. The Hall–Kier alpha value is -3.88. The highest BCUT2D eigenvalue weighted by Crippen LogP contribution is 2.08. The van der Waals surface area contributed by atoms with Crippen LogP contribution in [0.2, 0.25) is 0 Å². The van der Waals surface area contributed by atoms with Crippen LogP contribution in [0.1, 0.15) is 12.0 Å². The number of para-hydroxylation sites is 1. The number of carbonyl (C=O) groups is 4. The lowest BCUT2D eigenvalue weighted by atomic mass is 10.1. The summed E-state index contributed by atoms with van der Waals surface area (Å²) in [5, 5.41) is 13.9. The molecule has 0 aliphatic heterocycles. The highest BCUT2D eigenvalue weighted by Gasteiger charge is 2.29. The summed E-state index contributed by atoms with van der Waals surface area (Å²) in [6.45, 7) is -0.405. The van der Waals surface area contributed by atoms with E-state index in [-0.39, 0.29) is 6.42 Å².